The summed E-state index contributed by atoms with van der Waals surface area (Å²) in [7, 11) is -3.82. The predicted molar refractivity (Wildman–Crippen MR) is 88.9 cm³/mol. The van der Waals surface area contributed by atoms with E-state index in [-0.39, 0.29) is 10.6 Å². The van der Waals surface area contributed by atoms with Gasteiger partial charge in [0.1, 0.15) is 5.75 Å². The molecule has 0 spiro atoms. The van der Waals surface area contributed by atoms with Crippen molar-refractivity contribution in [2.24, 2.45) is 0 Å². The second kappa shape index (κ2) is 6.53. The van der Waals surface area contributed by atoms with Gasteiger partial charge in [0.05, 0.1) is 4.90 Å². The minimum absolute atomic E-state index is 0.00471. The molecular weight excluding hydrogens is 316 g/mol. The van der Waals surface area contributed by atoms with Crippen LogP contribution in [0.2, 0.25) is 0 Å². The predicted octanol–water partition coefficient (Wildman–Crippen LogP) is 2.63. The van der Waals surface area contributed by atoms with E-state index >= 15 is 0 Å². The molecule has 2 aromatic carbocycles. The van der Waals surface area contributed by atoms with Crippen molar-refractivity contribution >= 4 is 27.3 Å². The normalized spacial score (nSPS) is 10.8. The van der Waals surface area contributed by atoms with Crippen LogP contribution in [0.4, 0.5) is 11.4 Å². The van der Waals surface area contributed by atoms with E-state index in [1.54, 1.807) is 13.0 Å². The molecule has 2 rings (SSSR count). The van der Waals surface area contributed by atoms with Crippen molar-refractivity contribution in [3.63, 3.8) is 0 Å². The van der Waals surface area contributed by atoms with Gasteiger partial charge in [-0.05, 0) is 55.0 Å². The van der Waals surface area contributed by atoms with Crippen LogP contribution in [0.25, 0.3) is 0 Å². The van der Waals surface area contributed by atoms with Crippen LogP contribution in [-0.2, 0) is 14.8 Å². The second-order valence-electron chi connectivity index (χ2n) is 4.83. The van der Waals surface area contributed by atoms with Crippen molar-refractivity contribution in [3.8, 4) is 5.75 Å². The maximum Gasteiger partial charge on any atom is 0.261 e. The fourth-order valence-electron chi connectivity index (χ4n) is 1.87. The van der Waals surface area contributed by atoms with Gasteiger partial charge in [-0.2, -0.15) is 0 Å². The summed E-state index contributed by atoms with van der Waals surface area (Å²) in [5.41, 5.74) is 1.23. The minimum Gasteiger partial charge on any atom is -0.508 e. The molecule has 0 saturated heterocycles. The molecule has 0 heterocycles. The van der Waals surface area contributed by atoms with Crippen LogP contribution in [0.3, 0.4) is 0 Å². The lowest BCUT2D eigenvalue weighted by atomic mass is 10.2. The van der Waals surface area contributed by atoms with Gasteiger partial charge in [-0.25, -0.2) is 8.42 Å². The monoisotopic (exact) mass is 332 g/mol. The Morgan fingerprint density at radius 2 is 1.91 bits per heavy atom. The van der Waals surface area contributed by atoms with E-state index in [2.05, 4.69) is 16.6 Å². The number of phenols is 1. The standard InChI is InChI=1S/C16H16N2O4S/c1-3-16(20)17-12-5-4-6-14(10-12)23(21,22)18-13-7-8-15(19)11(2)9-13/h3-10,18-19H,1H2,2H3,(H,17,20). The molecule has 6 nitrogen and oxygen atoms in total. The number of benzene rings is 2. The zero-order valence-electron chi connectivity index (χ0n) is 12.4. The number of anilines is 2. The molecule has 0 aliphatic rings. The zero-order valence-corrected chi connectivity index (χ0v) is 13.2. The molecule has 120 valence electrons. The summed E-state index contributed by atoms with van der Waals surface area (Å²) in [6, 6.07) is 10.3. The molecule has 0 atom stereocenters. The van der Waals surface area contributed by atoms with Gasteiger partial charge in [-0.15, -0.1) is 0 Å². The number of aromatic hydroxyl groups is 1. The Hall–Kier alpha value is -2.80. The quantitative estimate of drug-likeness (QED) is 0.579. The molecule has 0 bridgehead atoms. The Kier molecular flexibility index (Phi) is 4.71. The Balaban J connectivity index is 2.28. The third kappa shape index (κ3) is 4.10. The Bertz CT molecular complexity index is 860. The summed E-state index contributed by atoms with van der Waals surface area (Å²) < 4.78 is 27.2. The van der Waals surface area contributed by atoms with Crippen LogP contribution in [-0.4, -0.2) is 19.4 Å². The fourth-order valence-corrected chi connectivity index (χ4v) is 2.96. The van der Waals surface area contributed by atoms with E-state index < -0.39 is 15.9 Å². The van der Waals surface area contributed by atoms with Crippen molar-refractivity contribution in [3.05, 3.63) is 60.7 Å². The third-order valence-electron chi connectivity index (χ3n) is 3.05. The van der Waals surface area contributed by atoms with E-state index in [4.69, 9.17) is 0 Å². The average Bonchev–Trinajstić information content (AvgIpc) is 2.51. The highest BCUT2D eigenvalue weighted by Gasteiger charge is 2.15. The van der Waals surface area contributed by atoms with Crippen LogP contribution in [0.15, 0.2) is 60.0 Å². The first kappa shape index (κ1) is 16.6. The first-order valence-electron chi connectivity index (χ1n) is 6.68. The Morgan fingerprint density at radius 1 is 1.17 bits per heavy atom. The maximum atomic E-state index is 12.4. The average molecular weight is 332 g/mol. The van der Waals surface area contributed by atoms with E-state index in [1.807, 2.05) is 0 Å². The van der Waals surface area contributed by atoms with E-state index in [0.717, 1.165) is 6.08 Å². The molecule has 0 unspecified atom stereocenters. The largest absolute Gasteiger partial charge is 0.508 e. The second-order valence-corrected chi connectivity index (χ2v) is 6.51. The van der Waals surface area contributed by atoms with Gasteiger partial charge in [-0.3, -0.25) is 9.52 Å². The fraction of sp³-hybridized carbons (Fsp3) is 0.0625. The molecule has 0 radical (unpaired) electrons. The van der Waals surface area contributed by atoms with Gasteiger partial charge in [0, 0.05) is 11.4 Å². The molecule has 0 aliphatic carbocycles. The van der Waals surface area contributed by atoms with Crippen molar-refractivity contribution in [1.29, 1.82) is 0 Å². The summed E-state index contributed by atoms with van der Waals surface area (Å²) in [5.74, 6) is -0.344. The van der Waals surface area contributed by atoms with Gasteiger partial charge >= 0.3 is 0 Å². The summed E-state index contributed by atoms with van der Waals surface area (Å²) >= 11 is 0. The molecule has 3 N–H and O–H groups in total. The first-order chi connectivity index (χ1) is 10.8. The number of hydrogen-bond acceptors (Lipinski definition) is 4. The van der Waals surface area contributed by atoms with E-state index in [9.17, 15) is 18.3 Å². The van der Waals surface area contributed by atoms with Crippen LogP contribution < -0.4 is 10.0 Å². The molecule has 0 aromatic heterocycles. The van der Waals surface area contributed by atoms with Gasteiger partial charge in [0.2, 0.25) is 5.91 Å². The van der Waals surface area contributed by atoms with Crippen molar-refractivity contribution in [1.82, 2.24) is 0 Å². The highest BCUT2D eigenvalue weighted by Crippen LogP contribution is 2.23. The number of rotatable bonds is 5. The number of amides is 1. The van der Waals surface area contributed by atoms with Crippen LogP contribution in [0.1, 0.15) is 5.56 Å². The molecule has 0 aliphatic heterocycles. The van der Waals surface area contributed by atoms with Gasteiger partial charge < -0.3 is 10.4 Å². The number of aryl methyl sites for hydroxylation is 1. The number of carbonyl (C=O) groups excluding carboxylic acids is 1. The zero-order chi connectivity index (χ0) is 17.0. The Morgan fingerprint density at radius 3 is 2.57 bits per heavy atom. The number of carbonyl (C=O) groups is 1. The van der Waals surface area contributed by atoms with Crippen molar-refractivity contribution in [2.75, 3.05) is 10.0 Å². The van der Waals surface area contributed by atoms with Gasteiger partial charge in [-0.1, -0.05) is 12.6 Å². The number of nitrogens with one attached hydrogen (secondary N) is 2. The number of sulfonamides is 1. The molecule has 2 aromatic rings. The third-order valence-corrected chi connectivity index (χ3v) is 4.43. The minimum atomic E-state index is -3.82. The maximum absolute atomic E-state index is 12.4. The lowest BCUT2D eigenvalue weighted by Crippen LogP contribution is -2.14. The van der Waals surface area contributed by atoms with E-state index in [0.29, 0.717) is 16.9 Å². The van der Waals surface area contributed by atoms with Gasteiger partial charge in [0.15, 0.2) is 0 Å². The first-order valence-corrected chi connectivity index (χ1v) is 8.16. The highest BCUT2D eigenvalue weighted by molar-refractivity contribution is 7.92. The topological polar surface area (TPSA) is 95.5 Å². The summed E-state index contributed by atoms with van der Waals surface area (Å²) in [4.78, 5) is 11.3. The SMILES string of the molecule is C=CC(=O)Nc1cccc(S(=O)(=O)Nc2ccc(O)c(C)c2)c1. The molecule has 23 heavy (non-hydrogen) atoms. The summed E-state index contributed by atoms with van der Waals surface area (Å²) in [5, 5.41) is 12.0. The molecule has 7 heteroatoms. The van der Waals surface area contributed by atoms with Crippen molar-refractivity contribution < 1.29 is 18.3 Å². The van der Waals surface area contributed by atoms with Crippen LogP contribution in [0.5, 0.6) is 5.75 Å². The molecule has 1 amide bonds. The smallest absolute Gasteiger partial charge is 0.261 e. The van der Waals surface area contributed by atoms with Crippen LogP contribution in [0, 0.1) is 6.92 Å². The lowest BCUT2D eigenvalue weighted by molar-refractivity contribution is -0.111. The summed E-state index contributed by atoms with van der Waals surface area (Å²) in [6.45, 7) is 5.00. The Labute approximate surface area is 134 Å². The lowest BCUT2D eigenvalue weighted by Gasteiger charge is -2.10. The summed E-state index contributed by atoms with van der Waals surface area (Å²) in [6.07, 6.45) is 1.10. The number of phenolic OH excluding ortho intramolecular Hbond substituents is 1. The van der Waals surface area contributed by atoms with Crippen LogP contribution >= 0.6 is 0 Å². The molecular formula is C16H16N2O4S. The van der Waals surface area contributed by atoms with Gasteiger partial charge in [0.25, 0.3) is 10.0 Å². The molecule has 0 saturated carbocycles. The van der Waals surface area contributed by atoms with Crippen molar-refractivity contribution in [2.45, 2.75) is 11.8 Å². The number of hydrogen-bond donors (Lipinski definition) is 3. The highest BCUT2D eigenvalue weighted by atomic mass is 32.2. The molecule has 0 fully saturated rings. The van der Waals surface area contributed by atoms with E-state index in [1.165, 1.54) is 36.4 Å².